The van der Waals surface area contributed by atoms with Crippen LogP contribution < -0.4 is 11.1 Å². The Bertz CT molecular complexity index is 2740. The molecule has 0 aliphatic rings. The number of pyridine rings is 1. The number of hydrogen-bond acceptors (Lipinski definition) is 3. The maximum atomic E-state index is 6.14. The second-order valence-corrected chi connectivity index (χ2v) is 14.0. The average molecular weight is 734 g/mol. The highest BCUT2D eigenvalue weighted by Crippen LogP contribution is 2.44. The van der Waals surface area contributed by atoms with Crippen molar-refractivity contribution in [3.63, 3.8) is 0 Å². The topological polar surface area (TPSA) is 50.9 Å². The van der Waals surface area contributed by atoms with Crippen molar-refractivity contribution in [2.45, 2.75) is 6.92 Å². The summed E-state index contributed by atoms with van der Waals surface area (Å²) in [6.07, 6.45) is 3.78. The molecule has 57 heavy (non-hydrogen) atoms. The van der Waals surface area contributed by atoms with E-state index in [1.165, 1.54) is 49.4 Å². The largest absolute Gasteiger partial charge is 0.397 e. The first-order chi connectivity index (χ1) is 28.0. The number of hydrogen-bond donors (Lipinski definition) is 2. The van der Waals surface area contributed by atoms with Crippen LogP contribution in [-0.4, -0.2) is 4.98 Å². The zero-order valence-electron chi connectivity index (χ0n) is 32.0. The van der Waals surface area contributed by atoms with E-state index >= 15 is 0 Å². The third-order valence-electron chi connectivity index (χ3n) is 10.3. The van der Waals surface area contributed by atoms with Gasteiger partial charge in [-0.05, 0) is 110 Å². The monoisotopic (exact) mass is 733 g/mol. The van der Waals surface area contributed by atoms with Gasteiger partial charge in [-0.15, -0.1) is 0 Å². The summed E-state index contributed by atoms with van der Waals surface area (Å²) in [5, 5.41) is 8.33. The molecule has 0 bridgehead atoms. The van der Waals surface area contributed by atoms with Gasteiger partial charge < -0.3 is 11.1 Å². The predicted molar refractivity (Wildman–Crippen MR) is 246 cm³/mol. The van der Waals surface area contributed by atoms with Crippen LogP contribution in [0.1, 0.15) is 16.7 Å². The first kappa shape index (κ1) is 36.5. The molecular formula is C54H43N3. The summed E-state index contributed by atoms with van der Waals surface area (Å²) >= 11 is 0. The van der Waals surface area contributed by atoms with Crippen molar-refractivity contribution in [2.24, 2.45) is 0 Å². The molecule has 0 amide bonds. The summed E-state index contributed by atoms with van der Waals surface area (Å²) < 4.78 is 0. The van der Waals surface area contributed by atoms with Gasteiger partial charge in [-0.3, -0.25) is 0 Å². The highest BCUT2D eigenvalue weighted by Gasteiger charge is 2.17. The van der Waals surface area contributed by atoms with E-state index in [4.69, 9.17) is 10.7 Å². The van der Waals surface area contributed by atoms with E-state index in [-0.39, 0.29) is 0 Å². The van der Waals surface area contributed by atoms with Crippen LogP contribution in [0.3, 0.4) is 0 Å². The Labute approximate surface area is 335 Å². The van der Waals surface area contributed by atoms with Gasteiger partial charge in [-0.25, -0.2) is 4.98 Å². The highest BCUT2D eigenvalue weighted by atomic mass is 14.9. The number of anilines is 3. The van der Waals surface area contributed by atoms with E-state index in [0.29, 0.717) is 0 Å². The van der Waals surface area contributed by atoms with Gasteiger partial charge in [0.05, 0.1) is 22.8 Å². The van der Waals surface area contributed by atoms with Crippen LogP contribution >= 0.6 is 0 Å². The third-order valence-corrected chi connectivity index (χ3v) is 10.3. The molecule has 1 aromatic heterocycles. The molecule has 3 nitrogen and oxygen atoms in total. The van der Waals surface area contributed by atoms with Gasteiger partial charge in [-0.2, -0.15) is 0 Å². The van der Waals surface area contributed by atoms with Gasteiger partial charge in [0.1, 0.15) is 0 Å². The fourth-order valence-corrected chi connectivity index (χ4v) is 7.51. The first-order valence-corrected chi connectivity index (χ1v) is 19.1. The molecule has 0 saturated heterocycles. The molecule has 1 heterocycles. The van der Waals surface area contributed by atoms with E-state index in [0.717, 1.165) is 50.7 Å². The molecule has 0 aliphatic carbocycles. The minimum Gasteiger partial charge on any atom is -0.397 e. The van der Waals surface area contributed by atoms with Crippen molar-refractivity contribution in [1.29, 1.82) is 0 Å². The number of benzene rings is 8. The van der Waals surface area contributed by atoms with Gasteiger partial charge in [-0.1, -0.05) is 171 Å². The van der Waals surface area contributed by atoms with Crippen LogP contribution in [0.5, 0.6) is 0 Å². The predicted octanol–water partition coefficient (Wildman–Crippen LogP) is 14.7. The van der Waals surface area contributed by atoms with Gasteiger partial charge in [0, 0.05) is 16.8 Å². The fraction of sp³-hybridized carbons (Fsp3) is 0.0185. The van der Waals surface area contributed by atoms with Crippen LogP contribution in [0.15, 0.2) is 201 Å². The van der Waals surface area contributed by atoms with Crippen LogP contribution in [-0.2, 0) is 0 Å². The fourth-order valence-electron chi connectivity index (χ4n) is 7.51. The van der Waals surface area contributed by atoms with E-state index in [9.17, 15) is 0 Å². The molecule has 3 N–H and O–H groups in total. The van der Waals surface area contributed by atoms with Crippen molar-refractivity contribution >= 4 is 50.8 Å². The lowest BCUT2D eigenvalue weighted by molar-refractivity contribution is 1.29. The van der Waals surface area contributed by atoms with Gasteiger partial charge >= 0.3 is 0 Å². The molecule has 0 saturated carbocycles. The van der Waals surface area contributed by atoms with E-state index in [2.05, 4.69) is 153 Å². The van der Waals surface area contributed by atoms with Crippen LogP contribution in [0.25, 0.3) is 78.5 Å². The normalized spacial score (nSPS) is 10.8. The van der Waals surface area contributed by atoms with Gasteiger partial charge in [0.25, 0.3) is 0 Å². The molecule has 8 aromatic carbocycles. The second-order valence-electron chi connectivity index (χ2n) is 14.0. The Morgan fingerprint density at radius 3 is 1.42 bits per heavy atom. The maximum absolute atomic E-state index is 6.14. The smallest absolute Gasteiger partial charge is 0.0712 e. The first-order valence-electron chi connectivity index (χ1n) is 19.1. The molecule has 9 aromatic rings. The zero-order chi connectivity index (χ0) is 39.1. The molecule has 0 unspecified atom stereocenters. The Balaban J connectivity index is 0.000000200. The van der Waals surface area contributed by atoms with E-state index in [1.807, 2.05) is 72.8 Å². The number of nitrogen functional groups attached to an aromatic ring is 1. The van der Waals surface area contributed by atoms with Crippen molar-refractivity contribution in [3.05, 3.63) is 218 Å². The molecule has 0 fully saturated rings. The highest BCUT2D eigenvalue weighted by molar-refractivity contribution is 6.21. The lowest BCUT2D eigenvalue weighted by Crippen LogP contribution is -1.96. The maximum Gasteiger partial charge on any atom is 0.0712 e. The van der Waals surface area contributed by atoms with Crippen LogP contribution in [0, 0.1) is 6.92 Å². The minimum absolute atomic E-state index is 0.727. The number of fused-ring (bicyclic) bond motifs is 2. The number of para-hydroxylation sites is 2. The Hall–Kier alpha value is -7.49. The molecule has 3 heteroatoms. The molecule has 0 atom stereocenters. The number of nitrogens with one attached hydrogen (secondary N) is 1. The molecule has 274 valence electrons. The molecule has 9 rings (SSSR count). The number of nitrogens with zero attached hydrogens (tertiary/aromatic N) is 1. The minimum atomic E-state index is 0.727. The SMILES string of the molecule is C=Cc1ccc(-c2c3ccccc3c(-c3ccc(Nc4ccccc4N)cc3)c3ccccc23)cc1C=C.Cc1cc(-c2ccccc2)nc(-c2ccccc2)c1. The van der Waals surface area contributed by atoms with Crippen molar-refractivity contribution in [2.75, 3.05) is 11.1 Å². The number of aryl methyl sites for hydroxylation is 1. The molecule has 0 aliphatic heterocycles. The Kier molecular flexibility index (Phi) is 10.5. The van der Waals surface area contributed by atoms with Crippen molar-refractivity contribution in [3.8, 4) is 44.8 Å². The number of nitrogens with two attached hydrogens (primary N) is 1. The second kappa shape index (κ2) is 16.5. The quantitative estimate of drug-likeness (QED) is 0.121. The third kappa shape index (κ3) is 7.73. The standard InChI is InChI=1S/C36H28N2.C18H15N/c1-3-24-17-18-27(23-25(24)4-2)36-31-13-7-5-11-29(31)35(30-12-6-8-14-32(30)36)26-19-21-28(22-20-26)38-34-16-10-9-15-33(34)37;1-14-12-17(15-8-4-2-5-9-15)19-18(13-14)16-10-6-3-7-11-16/h3-23,38H,1-2,37H2;2-13H,1H3. The number of aromatic nitrogens is 1. The van der Waals surface area contributed by atoms with Gasteiger partial charge in [0.15, 0.2) is 0 Å². The summed E-state index contributed by atoms with van der Waals surface area (Å²) in [7, 11) is 0. The zero-order valence-corrected chi connectivity index (χ0v) is 32.0. The van der Waals surface area contributed by atoms with Crippen molar-refractivity contribution < 1.29 is 0 Å². The summed E-state index contributed by atoms with van der Waals surface area (Å²) in [5.74, 6) is 0. The van der Waals surface area contributed by atoms with Crippen LogP contribution in [0.2, 0.25) is 0 Å². The average Bonchev–Trinajstić information content (AvgIpc) is 3.27. The molecular weight excluding hydrogens is 691 g/mol. The lowest BCUT2D eigenvalue weighted by Gasteiger charge is -2.18. The summed E-state index contributed by atoms with van der Waals surface area (Å²) in [4.78, 5) is 4.77. The van der Waals surface area contributed by atoms with E-state index in [1.54, 1.807) is 0 Å². The molecule has 0 spiro atoms. The summed E-state index contributed by atoms with van der Waals surface area (Å²) in [6, 6.07) is 65.2. The van der Waals surface area contributed by atoms with Crippen LogP contribution in [0.4, 0.5) is 17.1 Å². The number of rotatable bonds is 8. The van der Waals surface area contributed by atoms with E-state index < -0.39 is 0 Å². The Morgan fingerprint density at radius 2 is 0.912 bits per heavy atom. The molecule has 0 radical (unpaired) electrons. The lowest BCUT2D eigenvalue weighted by atomic mass is 9.85. The van der Waals surface area contributed by atoms with Gasteiger partial charge in [0.2, 0.25) is 0 Å². The Morgan fingerprint density at radius 1 is 0.456 bits per heavy atom. The summed E-state index contributed by atoms with van der Waals surface area (Å²) in [5.41, 5.74) is 21.3. The van der Waals surface area contributed by atoms with Crippen molar-refractivity contribution in [1.82, 2.24) is 4.98 Å². The summed E-state index contributed by atoms with van der Waals surface area (Å²) in [6.45, 7) is 10.1.